The quantitative estimate of drug-likeness (QED) is 0.880. The minimum absolute atomic E-state index is 0.0687. The van der Waals surface area contributed by atoms with Crippen molar-refractivity contribution in [3.63, 3.8) is 0 Å². The van der Waals surface area contributed by atoms with Gasteiger partial charge in [-0.15, -0.1) is 0 Å². The zero-order chi connectivity index (χ0) is 13.8. The highest BCUT2D eigenvalue weighted by Crippen LogP contribution is 2.17. The Balaban J connectivity index is 2.11. The average molecular weight is 260 g/mol. The minimum atomic E-state index is 0.0687. The number of hydrogen-bond donors (Lipinski definition) is 1. The molecule has 102 valence electrons. The molecule has 5 heteroatoms. The van der Waals surface area contributed by atoms with Crippen LogP contribution >= 0.6 is 0 Å². The van der Waals surface area contributed by atoms with E-state index in [0.717, 1.165) is 23.1 Å². The molecule has 0 aliphatic rings. The summed E-state index contributed by atoms with van der Waals surface area (Å²) in [5.41, 5.74) is 2.13. The Kier molecular flexibility index (Phi) is 4.16. The fourth-order valence-corrected chi connectivity index (χ4v) is 2.01. The van der Waals surface area contributed by atoms with Crippen molar-refractivity contribution < 1.29 is 4.79 Å². The number of nitrogens with one attached hydrogen (secondary N) is 1. The molecule has 0 bridgehead atoms. The van der Waals surface area contributed by atoms with Crippen LogP contribution in [0.1, 0.15) is 12.6 Å². The molecule has 5 nitrogen and oxygen atoms in total. The summed E-state index contributed by atoms with van der Waals surface area (Å²) in [6.45, 7) is 3.86. The smallest absolute Gasteiger partial charge is 0.236 e. The number of aromatic nitrogens is 2. The van der Waals surface area contributed by atoms with Crippen molar-refractivity contribution in [1.29, 1.82) is 0 Å². The third-order valence-electron chi connectivity index (χ3n) is 3.10. The molecule has 1 aromatic heterocycles. The van der Waals surface area contributed by atoms with Gasteiger partial charge in [0, 0.05) is 32.6 Å². The van der Waals surface area contributed by atoms with Crippen LogP contribution in [0.25, 0.3) is 10.9 Å². The summed E-state index contributed by atoms with van der Waals surface area (Å²) in [7, 11) is 3.51. The lowest BCUT2D eigenvalue weighted by atomic mass is 10.2. The molecule has 0 aliphatic heterocycles. The molecule has 0 aliphatic carbocycles. The summed E-state index contributed by atoms with van der Waals surface area (Å²) < 4.78 is 1.99. The summed E-state index contributed by atoms with van der Waals surface area (Å²) in [5.74, 6) is 0.0687. The lowest BCUT2D eigenvalue weighted by Gasteiger charge is -2.10. The van der Waals surface area contributed by atoms with Crippen LogP contribution in [0.4, 0.5) is 0 Å². The number of hydrogen-bond acceptors (Lipinski definition) is 3. The van der Waals surface area contributed by atoms with Crippen molar-refractivity contribution in [3.05, 3.63) is 30.0 Å². The molecule has 0 fully saturated rings. The number of nitrogens with zero attached hydrogens (tertiary/aromatic N) is 3. The number of benzene rings is 1. The molecule has 0 saturated heterocycles. The van der Waals surface area contributed by atoms with Gasteiger partial charge in [-0.1, -0.05) is 18.2 Å². The summed E-state index contributed by atoms with van der Waals surface area (Å²) in [4.78, 5) is 13.1. The number of carbonyl (C=O) groups is 1. The zero-order valence-electron chi connectivity index (χ0n) is 11.7. The molecule has 0 radical (unpaired) electrons. The Morgan fingerprint density at radius 3 is 2.79 bits per heavy atom. The summed E-state index contributed by atoms with van der Waals surface area (Å²) in [6.07, 6.45) is 0. The molecule has 0 spiro atoms. The van der Waals surface area contributed by atoms with Crippen molar-refractivity contribution in [2.45, 2.75) is 20.0 Å². The molecule has 0 unspecified atom stereocenters. The second-order valence-corrected chi connectivity index (χ2v) is 4.67. The SMILES string of the molecule is CCn1nc(CNCC(=O)N(C)C)c2ccccc21. The first-order valence-corrected chi connectivity index (χ1v) is 6.48. The highest BCUT2D eigenvalue weighted by Gasteiger charge is 2.09. The lowest BCUT2D eigenvalue weighted by Crippen LogP contribution is -2.32. The van der Waals surface area contributed by atoms with Gasteiger partial charge >= 0.3 is 0 Å². The van der Waals surface area contributed by atoms with Gasteiger partial charge in [0.25, 0.3) is 0 Å². The minimum Gasteiger partial charge on any atom is -0.348 e. The second-order valence-electron chi connectivity index (χ2n) is 4.67. The molecule has 1 aromatic carbocycles. The maximum Gasteiger partial charge on any atom is 0.236 e. The topological polar surface area (TPSA) is 50.2 Å². The third kappa shape index (κ3) is 2.93. The van der Waals surface area contributed by atoms with Gasteiger partial charge in [0.2, 0.25) is 5.91 Å². The van der Waals surface area contributed by atoms with Crippen LogP contribution in [0, 0.1) is 0 Å². The standard InChI is InChI=1S/C14H20N4O/c1-4-18-13-8-6-5-7-11(13)12(16-18)9-15-10-14(19)17(2)3/h5-8,15H,4,9-10H2,1-3H3. The first-order valence-electron chi connectivity index (χ1n) is 6.48. The Bertz CT molecular complexity index is 574. The van der Waals surface area contributed by atoms with E-state index in [-0.39, 0.29) is 5.91 Å². The van der Waals surface area contributed by atoms with Crippen LogP contribution in [0.2, 0.25) is 0 Å². The van der Waals surface area contributed by atoms with E-state index in [1.165, 1.54) is 0 Å². The van der Waals surface area contributed by atoms with Gasteiger partial charge in [-0.05, 0) is 13.0 Å². The van der Waals surface area contributed by atoms with Crippen molar-refractivity contribution in [2.75, 3.05) is 20.6 Å². The Morgan fingerprint density at radius 2 is 2.11 bits per heavy atom. The molecule has 0 atom stereocenters. The van der Waals surface area contributed by atoms with Crippen LogP contribution in [-0.2, 0) is 17.9 Å². The van der Waals surface area contributed by atoms with Gasteiger partial charge < -0.3 is 10.2 Å². The number of carbonyl (C=O) groups excluding carboxylic acids is 1. The molecular formula is C14H20N4O. The normalized spacial score (nSPS) is 10.9. The number of para-hydroxylation sites is 1. The number of amides is 1. The van der Waals surface area contributed by atoms with E-state index in [1.54, 1.807) is 19.0 Å². The Hall–Kier alpha value is -1.88. The molecule has 0 saturated carbocycles. The highest BCUT2D eigenvalue weighted by atomic mass is 16.2. The van der Waals surface area contributed by atoms with Crippen LogP contribution in [0.3, 0.4) is 0 Å². The fourth-order valence-electron chi connectivity index (χ4n) is 2.01. The first kappa shape index (κ1) is 13.5. The summed E-state index contributed by atoms with van der Waals surface area (Å²) in [5, 5.41) is 8.87. The van der Waals surface area contributed by atoms with Crippen LogP contribution < -0.4 is 5.32 Å². The van der Waals surface area contributed by atoms with Gasteiger partial charge in [0.05, 0.1) is 17.8 Å². The number of likely N-dealkylation sites (N-methyl/N-ethyl adjacent to an activating group) is 1. The van der Waals surface area contributed by atoms with Crippen molar-refractivity contribution in [2.24, 2.45) is 0 Å². The molecule has 2 aromatic rings. The number of aryl methyl sites for hydroxylation is 1. The van der Waals surface area contributed by atoms with Gasteiger partial charge in [0.15, 0.2) is 0 Å². The first-order chi connectivity index (χ1) is 9.13. The largest absolute Gasteiger partial charge is 0.348 e. The van der Waals surface area contributed by atoms with Gasteiger partial charge in [0.1, 0.15) is 0 Å². The molecule has 2 rings (SSSR count). The fraction of sp³-hybridized carbons (Fsp3) is 0.429. The average Bonchev–Trinajstić information content (AvgIpc) is 2.77. The van der Waals surface area contributed by atoms with E-state index in [4.69, 9.17) is 0 Å². The molecule has 19 heavy (non-hydrogen) atoms. The summed E-state index contributed by atoms with van der Waals surface area (Å²) >= 11 is 0. The van der Waals surface area contributed by atoms with Crippen molar-refractivity contribution in [1.82, 2.24) is 20.0 Å². The molecule has 1 N–H and O–H groups in total. The predicted octanol–water partition coefficient (Wildman–Crippen LogP) is 1.23. The van der Waals surface area contributed by atoms with Gasteiger partial charge in [-0.25, -0.2) is 0 Å². The lowest BCUT2D eigenvalue weighted by molar-refractivity contribution is -0.127. The van der Waals surface area contributed by atoms with Crippen molar-refractivity contribution in [3.8, 4) is 0 Å². The molecular weight excluding hydrogens is 240 g/mol. The van der Waals surface area contributed by atoms with E-state index in [9.17, 15) is 4.79 Å². The van der Waals surface area contributed by atoms with E-state index in [1.807, 2.05) is 16.8 Å². The van der Waals surface area contributed by atoms with Crippen LogP contribution in [0.15, 0.2) is 24.3 Å². The third-order valence-corrected chi connectivity index (χ3v) is 3.10. The maximum absolute atomic E-state index is 11.5. The van der Waals surface area contributed by atoms with E-state index < -0.39 is 0 Å². The summed E-state index contributed by atoms with van der Waals surface area (Å²) in [6, 6.07) is 8.17. The zero-order valence-corrected chi connectivity index (χ0v) is 11.7. The van der Waals surface area contributed by atoms with E-state index >= 15 is 0 Å². The van der Waals surface area contributed by atoms with Crippen LogP contribution in [0.5, 0.6) is 0 Å². The monoisotopic (exact) mass is 260 g/mol. The highest BCUT2D eigenvalue weighted by molar-refractivity contribution is 5.82. The second kappa shape index (κ2) is 5.84. The van der Waals surface area contributed by atoms with Gasteiger partial charge in [-0.2, -0.15) is 5.10 Å². The van der Waals surface area contributed by atoms with E-state index in [2.05, 4.69) is 29.5 Å². The van der Waals surface area contributed by atoms with Crippen molar-refractivity contribution >= 4 is 16.8 Å². The number of rotatable bonds is 5. The predicted molar refractivity (Wildman–Crippen MR) is 75.8 cm³/mol. The maximum atomic E-state index is 11.5. The van der Waals surface area contributed by atoms with Gasteiger partial charge in [-0.3, -0.25) is 9.48 Å². The Morgan fingerprint density at radius 1 is 1.37 bits per heavy atom. The number of fused-ring (bicyclic) bond motifs is 1. The molecule has 1 heterocycles. The van der Waals surface area contributed by atoms with Crippen LogP contribution in [-0.4, -0.2) is 41.2 Å². The molecule has 1 amide bonds. The van der Waals surface area contributed by atoms with E-state index in [0.29, 0.717) is 13.1 Å². The Labute approximate surface area is 113 Å².